The maximum absolute atomic E-state index is 12.0. The van der Waals surface area contributed by atoms with Crippen LogP contribution in [0.2, 0.25) is 0 Å². The Morgan fingerprint density at radius 2 is 1.91 bits per heavy atom. The van der Waals surface area contributed by atoms with E-state index in [9.17, 15) is 4.79 Å². The quantitative estimate of drug-likeness (QED) is 0.425. The lowest BCUT2D eigenvalue weighted by molar-refractivity contribution is 0.146. The van der Waals surface area contributed by atoms with Crippen LogP contribution in [-0.4, -0.2) is 37.0 Å². The second kappa shape index (κ2) is 9.53. The van der Waals surface area contributed by atoms with Crippen LogP contribution in [0, 0.1) is 0 Å². The van der Waals surface area contributed by atoms with Gasteiger partial charge in [-0.15, -0.1) is 0 Å². The molecule has 0 spiro atoms. The highest BCUT2D eigenvalue weighted by molar-refractivity contribution is 6.02. The number of aromatic nitrogens is 1. The lowest BCUT2D eigenvalue weighted by Gasteiger charge is -2.30. The number of methoxy groups -OCH3 is 1. The first-order valence-corrected chi connectivity index (χ1v) is 11.2. The summed E-state index contributed by atoms with van der Waals surface area (Å²) >= 11 is 0. The van der Waals surface area contributed by atoms with Crippen LogP contribution in [0.25, 0.3) is 22.2 Å². The van der Waals surface area contributed by atoms with Crippen molar-refractivity contribution in [1.82, 2.24) is 9.88 Å². The second-order valence-electron chi connectivity index (χ2n) is 8.57. The molecule has 170 valence electrons. The smallest absolute Gasteiger partial charge is 0.319 e. The molecule has 32 heavy (non-hydrogen) atoms. The number of nitrogen functional groups attached to an aromatic ring is 1. The van der Waals surface area contributed by atoms with Gasteiger partial charge in [-0.2, -0.15) is 0 Å². The number of urea groups is 1. The van der Waals surface area contributed by atoms with Crippen LogP contribution in [0.5, 0.6) is 5.75 Å². The van der Waals surface area contributed by atoms with Gasteiger partial charge in [0.15, 0.2) is 0 Å². The van der Waals surface area contributed by atoms with Crippen LogP contribution in [0.3, 0.4) is 0 Å². The van der Waals surface area contributed by atoms with E-state index >= 15 is 0 Å². The molecular formula is C25H32N4O3. The highest BCUT2D eigenvalue weighted by Crippen LogP contribution is 2.44. The average molecular weight is 437 g/mol. The molecule has 0 radical (unpaired) electrons. The van der Waals surface area contributed by atoms with Crippen LogP contribution < -0.4 is 21.1 Å². The molecule has 1 heterocycles. The van der Waals surface area contributed by atoms with Crippen molar-refractivity contribution >= 4 is 28.3 Å². The first-order valence-electron chi connectivity index (χ1n) is 11.2. The molecule has 0 bridgehead atoms. The normalized spacial score (nSPS) is 13.9. The Hall–Kier alpha value is -3.19. The van der Waals surface area contributed by atoms with E-state index in [-0.39, 0.29) is 12.1 Å². The van der Waals surface area contributed by atoms with Gasteiger partial charge in [0, 0.05) is 41.9 Å². The van der Waals surface area contributed by atoms with Gasteiger partial charge in [-0.05, 0) is 57.4 Å². The van der Waals surface area contributed by atoms with Crippen LogP contribution in [0.1, 0.15) is 39.2 Å². The summed E-state index contributed by atoms with van der Waals surface area (Å²) in [6, 6.07) is 14.2. The molecule has 1 aliphatic carbocycles. The fourth-order valence-corrected chi connectivity index (χ4v) is 4.11. The Labute approximate surface area is 188 Å². The lowest BCUT2D eigenvalue weighted by Crippen LogP contribution is -2.34. The van der Waals surface area contributed by atoms with Crippen LogP contribution in [-0.2, 0) is 4.74 Å². The Balaban J connectivity index is 1.68. The highest BCUT2D eigenvalue weighted by Gasteiger charge is 2.27. The van der Waals surface area contributed by atoms with Gasteiger partial charge in [-0.25, -0.2) is 4.79 Å². The van der Waals surface area contributed by atoms with E-state index in [0.717, 1.165) is 52.1 Å². The third-order valence-corrected chi connectivity index (χ3v) is 5.85. The third-order valence-electron chi connectivity index (χ3n) is 5.85. The third kappa shape index (κ3) is 4.53. The van der Waals surface area contributed by atoms with Crippen molar-refractivity contribution < 1.29 is 14.3 Å². The number of nitrogens with one attached hydrogen (secondary N) is 2. The second-order valence-corrected chi connectivity index (χ2v) is 8.57. The minimum Gasteiger partial charge on any atom is -0.491 e. The van der Waals surface area contributed by atoms with Crippen molar-refractivity contribution in [3.63, 3.8) is 0 Å². The summed E-state index contributed by atoms with van der Waals surface area (Å²) in [6.45, 7) is 4.91. The van der Waals surface area contributed by atoms with Crippen molar-refractivity contribution in [2.24, 2.45) is 0 Å². The van der Waals surface area contributed by atoms with E-state index in [4.69, 9.17) is 15.2 Å². The Morgan fingerprint density at radius 3 is 2.53 bits per heavy atom. The van der Waals surface area contributed by atoms with Gasteiger partial charge in [-0.1, -0.05) is 12.1 Å². The summed E-state index contributed by atoms with van der Waals surface area (Å²) in [5, 5.41) is 6.74. The van der Waals surface area contributed by atoms with Crippen molar-refractivity contribution in [2.75, 3.05) is 31.4 Å². The van der Waals surface area contributed by atoms with Crippen LogP contribution in [0.15, 0.2) is 42.5 Å². The zero-order valence-electron chi connectivity index (χ0n) is 19.0. The van der Waals surface area contributed by atoms with Gasteiger partial charge in [0.2, 0.25) is 0 Å². The number of rotatable bonds is 8. The minimum atomic E-state index is -0.211. The first kappa shape index (κ1) is 22.0. The molecular weight excluding hydrogens is 404 g/mol. The molecule has 2 aromatic carbocycles. The fraction of sp³-hybridized carbons (Fsp3) is 0.400. The maximum Gasteiger partial charge on any atom is 0.319 e. The molecule has 4 rings (SSSR count). The molecule has 4 N–H and O–H groups in total. The van der Waals surface area contributed by atoms with Crippen molar-refractivity contribution in [3.8, 4) is 17.0 Å². The fourth-order valence-electron chi connectivity index (χ4n) is 4.11. The lowest BCUT2D eigenvalue weighted by atomic mass is 9.92. The molecule has 0 atom stereocenters. The molecule has 3 aromatic rings. The number of hydrogen-bond donors (Lipinski definition) is 3. The molecule has 1 aromatic heterocycles. The van der Waals surface area contributed by atoms with Gasteiger partial charge >= 0.3 is 6.03 Å². The Morgan fingerprint density at radius 1 is 1.16 bits per heavy atom. The standard InChI is InChI=1S/C25H32N4O3/c1-16(2)27-25(30)28-18-9-7-17(8-10-18)24-23(26)21-12-11-20(32-14-13-31-3)15-22(21)29(24)19-5-4-6-19/h7-12,15-16,19H,4-6,13-14,26H2,1-3H3,(H2,27,28,30). The topological polar surface area (TPSA) is 90.5 Å². The Kier molecular flexibility index (Phi) is 6.55. The van der Waals surface area contributed by atoms with Crippen molar-refractivity contribution in [1.29, 1.82) is 0 Å². The predicted molar refractivity (Wildman–Crippen MR) is 129 cm³/mol. The van der Waals surface area contributed by atoms with Gasteiger partial charge in [0.05, 0.1) is 23.5 Å². The number of nitrogens with two attached hydrogens (primary N) is 1. The number of ether oxygens (including phenoxy) is 2. The molecule has 1 fully saturated rings. The monoisotopic (exact) mass is 436 g/mol. The van der Waals surface area contributed by atoms with E-state index in [1.165, 1.54) is 6.42 Å². The SMILES string of the molecule is COCCOc1ccc2c(N)c(-c3ccc(NC(=O)NC(C)C)cc3)n(C3CCC3)c2c1. The van der Waals surface area contributed by atoms with E-state index < -0.39 is 0 Å². The van der Waals surface area contributed by atoms with E-state index in [0.29, 0.717) is 19.3 Å². The molecule has 0 unspecified atom stereocenters. The summed E-state index contributed by atoms with van der Waals surface area (Å²) in [5.74, 6) is 0.815. The average Bonchev–Trinajstić information content (AvgIpc) is 2.99. The number of benzene rings is 2. The maximum atomic E-state index is 12.0. The van der Waals surface area contributed by atoms with Crippen LogP contribution >= 0.6 is 0 Å². The number of carbonyl (C=O) groups excluding carboxylic acids is 1. The van der Waals surface area contributed by atoms with E-state index in [1.807, 2.05) is 50.2 Å². The highest BCUT2D eigenvalue weighted by atomic mass is 16.5. The molecule has 1 saturated carbocycles. The molecule has 0 aliphatic heterocycles. The van der Waals surface area contributed by atoms with E-state index in [1.54, 1.807) is 7.11 Å². The summed E-state index contributed by atoms with van der Waals surface area (Å²) < 4.78 is 13.3. The molecule has 7 nitrogen and oxygen atoms in total. The summed E-state index contributed by atoms with van der Waals surface area (Å²) in [6.07, 6.45) is 3.50. The number of fused-ring (bicyclic) bond motifs is 1. The first-order chi connectivity index (χ1) is 15.5. The number of carbonyl (C=O) groups is 1. The number of hydrogen-bond acceptors (Lipinski definition) is 4. The van der Waals surface area contributed by atoms with Gasteiger partial charge in [0.1, 0.15) is 12.4 Å². The van der Waals surface area contributed by atoms with Crippen LogP contribution in [0.4, 0.5) is 16.2 Å². The number of anilines is 2. The summed E-state index contributed by atoms with van der Waals surface area (Å²) in [4.78, 5) is 12.0. The molecule has 1 aliphatic rings. The summed E-state index contributed by atoms with van der Waals surface area (Å²) in [5.41, 5.74) is 11.3. The van der Waals surface area contributed by atoms with Gasteiger partial charge in [-0.3, -0.25) is 0 Å². The Bertz CT molecular complexity index is 1080. The molecule has 0 saturated heterocycles. The zero-order valence-corrected chi connectivity index (χ0v) is 19.0. The zero-order chi connectivity index (χ0) is 22.7. The largest absolute Gasteiger partial charge is 0.491 e. The number of amides is 2. The van der Waals surface area contributed by atoms with Crippen molar-refractivity contribution in [3.05, 3.63) is 42.5 Å². The van der Waals surface area contributed by atoms with Gasteiger partial charge < -0.3 is 30.4 Å². The summed E-state index contributed by atoms with van der Waals surface area (Å²) in [7, 11) is 1.67. The van der Waals surface area contributed by atoms with E-state index in [2.05, 4.69) is 21.3 Å². The number of nitrogens with zero attached hydrogens (tertiary/aromatic N) is 1. The molecule has 7 heteroatoms. The minimum absolute atomic E-state index is 0.0793. The van der Waals surface area contributed by atoms with Crippen molar-refractivity contribution in [2.45, 2.75) is 45.2 Å². The predicted octanol–water partition coefficient (Wildman–Crippen LogP) is 5.17. The van der Waals surface area contributed by atoms with Gasteiger partial charge in [0.25, 0.3) is 0 Å². The molecule has 2 amide bonds.